The molecule has 0 saturated heterocycles. The summed E-state index contributed by atoms with van der Waals surface area (Å²) in [5, 5.41) is 42.4. The van der Waals surface area contributed by atoms with Crippen LogP contribution in [0, 0.1) is 0 Å². The summed E-state index contributed by atoms with van der Waals surface area (Å²) in [6, 6.07) is 14.8. The van der Waals surface area contributed by atoms with Gasteiger partial charge in [0, 0.05) is 17.2 Å². The lowest BCUT2D eigenvalue weighted by atomic mass is 10.0. The van der Waals surface area contributed by atoms with Crippen LogP contribution in [0.5, 0.6) is 23.0 Å². The van der Waals surface area contributed by atoms with Crippen molar-refractivity contribution in [2.75, 3.05) is 0 Å². The molecule has 0 bridgehead atoms. The third-order valence-corrected chi connectivity index (χ3v) is 4.01. The van der Waals surface area contributed by atoms with E-state index in [2.05, 4.69) is 10.5 Å². The predicted octanol–water partition coefficient (Wildman–Crippen LogP) is 3.44. The second kappa shape index (κ2) is 8.62. The average Bonchev–Trinajstić information content (AvgIpc) is 2.69. The molecule has 7 nitrogen and oxygen atoms in total. The van der Waals surface area contributed by atoms with E-state index in [9.17, 15) is 25.2 Å². The summed E-state index contributed by atoms with van der Waals surface area (Å²) in [6.07, 6.45) is 4.67. The highest BCUT2D eigenvalue weighted by molar-refractivity contribution is 5.96. The molecule has 0 spiro atoms. The minimum atomic E-state index is -0.485. The Kier molecular flexibility index (Phi) is 5.80. The van der Waals surface area contributed by atoms with E-state index in [-0.39, 0.29) is 23.0 Å². The van der Waals surface area contributed by atoms with Gasteiger partial charge in [-0.15, -0.1) is 0 Å². The van der Waals surface area contributed by atoms with Crippen LogP contribution in [0.1, 0.15) is 27.0 Å². The lowest BCUT2D eigenvalue weighted by Gasteiger charge is -2.06. The first-order valence-electron chi connectivity index (χ1n) is 8.58. The van der Waals surface area contributed by atoms with E-state index in [1.165, 1.54) is 42.6 Å². The molecule has 3 aromatic carbocycles. The Morgan fingerprint density at radius 1 is 0.793 bits per heavy atom. The highest BCUT2D eigenvalue weighted by atomic mass is 16.3. The topological polar surface area (TPSA) is 122 Å². The zero-order chi connectivity index (χ0) is 20.8. The predicted molar refractivity (Wildman–Crippen MR) is 110 cm³/mol. The number of nitrogens with one attached hydrogen (secondary N) is 1. The molecule has 0 aliphatic rings. The molecule has 146 valence electrons. The maximum Gasteiger partial charge on any atom is 0.271 e. The maximum atomic E-state index is 12.1. The van der Waals surface area contributed by atoms with Crippen molar-refractivity contribution in [3.05, 3.63) is 82.9 Å². The zero-order valence-corrected chi connectivity index (χ0v) is 15.1. The molecule has 1 amide bonds. The minimum Gasteiger partial charge on any atom is -0.508 e. The van der Waals surface area contributed by atoms with Crippen molar-refractivity contribution in [3.63, 3.8) is 0 Å². The third kappa shape index (κ3) is 5.14. The number of hydrazone groups is 1. The molecule has 0 atom stereocenters. The van der Waals surface area contributed by atoms with Crippen LogP contribution >= 0.6 is 0 Å². The monoisotopic (exact) mass is 390 g/mol. The van der Waals surface area contributed by atoms with Crippen LogP contribution in [0.15, 0.2) is 65.8 Å². The number of aromatic hydroxyl groups is 4. The van der Waals surface area contributed by atoms with Crippen molar-refractivity contribution in [1.82, 2.24) is 5.43 Å². The number of rotatable bonds is 5. The number of hydrogen-bond acceptors (Lipinski definition) is 6. The molecule has 29 heavy (non-hydrogen) atoms. The standard InChI is InChI=1S/C22H18N2O5/c25-17-7-2-14(3-8-17)1-4-16-11-19(27)12-21(28)20(16)13-23-24-22(29)15-5-9-18(26)10-6-15/h1-13,25-28H,(H,24,29)/b4-1+,23-13-. The molecule has 0 heterocycles. The largest absolute Gasteiger partial charge is 0.508 e. The van der Waals surface area contributed by atoms with Crippen molar-refractivity contribution < 1.29 is 25.2 Å². The minimum absolute atomic E-state index is 0.0455. The number of phenols is 4. The molecule has 0 aromatic heterocycles. The summed E-state index contributed by atoms with van der Waals surface area (Å²) in [5.74, 6) is -0.629. The van der Waals surface area contributed by atoms with Crippen LogP contribution in [-0.2, 0) is 0 Å². The van der Waals surface area contributed by atoms with Crippen molar-refractivity contribution in [1.29, 1.82) is 0 Å². The third-order valence-electron chi connectivity index (χ3n) is 4.01. The highest BCUT2D eigenvalue weighted by Crippen LogP contribution is 2.27. The van der Waals surface area contributed by atoms with Crippen LogP contribution in [0.4, 0.5) is 0 Å². The average molecular weight is 390 g/mol. The van der Waals surface area contributed by atoms with E-state index < -0.39 is 5.91 Å². The first kappa shape index (κ1) is 19.5. The molecule has 7 heteroatoms. The summed E-state index contributed by atoms with van der Waals surface area (Å²) in [6.45, 7) is 0. The Morgan fingerprint density at radius 2 is 1.41 bits per heavy atom. The van der Waals surface area contributed by atoms with Crippen molar-refractivity contribution >= 4 is 24.3 Å². The fourth-order valence-corrected chi connectivity index (χ4v) is 2.53. The molecular weight excluding hydrogens is 372 g/mol. The molecular formula is C22H18N2O5. The van der Waals surface area contributed by atoms with Gasteiger partial charge < -0.3 is 20.4 Å². The maximum absolute atomic E-state index is 12.1. The molecule has 0 fully saturated rings. The van der Waals surface area contributed by atoms with Crippen molar-refractivity contribution in [3.8, 4) is 23.0 Å². The van der Waals surface area contributed by atoms with Crippen LogP contribution in [-0.4, -0.2) is 32.5 Å². The lowest BCUT2D eigenvalue weighted by Crippen LogP contribution is -2.17. The molecule has 5 N–H and O–H groups in total. The van der Waals surface area contributed by atoms with Gasteiger partial charge in [0.2, 0.25) is 0 Å². The summed E-state index contributed by atoms with van der Waals surface area (Å²) < 4.78 is 0. The molecule has 0 aliphatic carbocycles. The van der Waals surface area contributed by atoms with Gasteiger partial charge in [0.25, 0.3) is 5.91 Å². The fourth-order valence-electron chi connectivity index (χ4n) is 2.53. The van der Waals surface area contributed by atoms with Gasteiger partial charge in [-0.05, 0) is 53.6 Å². The summed E-state index contributed by atoms with van der Waals surface area (Å²) in [7, 11) is 0. The number of benzene rings is 3. The fraction of sp³-hybridized carbons (Fsp3) is 0. The lowest BCUT2D eigenvalue weighted by molar-refractivity contribution is 0.0955. The SMILES string of the molecule is O=C(N/N=C\c1c(O)cc(O)cc1/C=C/c1ccc(O)cc1)c1ccc(O)cc1. The van der Waals surface area contributed by atoms with Gasteiger partial charge in [-0.25, -0.2) is 5.43 Å². The first-order chi connectivity index (χ1) is 13.9. The zero-order valence-electron chi connectivity index (χ0n) is 15.1. The Labute approximate surface area is 166 Å². The summed E-state index contributed by atoms with van der Waals surface area (Å²) in [5.41, 5.74) is 4.21. The van der Waals surface area contributed by atoms with E-state index in [0.29, 0.717) is 16.7 Å². The van der Waals surface area contributed by atoms with Gasteiger partial charge >= 0.3 is 0 Å². The molecule has 0 radical (unpaired) electrons. The van der Waals surface area contributed by atoms with Gasteiger partial charge in [0.05, 0.1) is 6.21 Å². The van der Waals surface area contributed by atoms with Gasteiger partial charge in [-0.2, -0.15) is 5.10 Å². The number of amides is 1. The molecule has 3 rings (SSSR count). The first-order valence-corrected chi connectivity index (χ1v) is 8.58. The number of carbonyl (C=O) groups is 1. The van der Waals surface area contributed by atoms with Crippen LogP contribution in [0.2, 0.25) is 0 Å². The molecule has 3 aromatic rings. The number of carbonyl (C=O) groups excluding carboxylic acids is 1. The number of nitrogens with zero attached hydrogens (tertiary/aromatic N) is 1. The number of phenolic OH excluding ortho intramolecular Hbond substituents is 4. The second-order valence-corrected chi connectivity index (χ2v) is 6.14. The van der Waals surface area contributed by atoms with Crippen molar-refractivity contribution in [2.45, 2.75) is 0 Å². The quantitative estimate of drug-likeness (QED) is 0.259. The Morgan fingerprint density at radius 3 is 2.07 bits per heavy atom. The Bertz CT molecular complexity index is 1070. The van der Waals surface area contributed by atoms with E-state index >= 15 is 0 Å². The van der Waals surface area contributed by atoms with E-state index in [4.69, 9.17) is 0 Å². The summed E-state index contributed by atoms with van der Waals surface area (Å²) >= 11 is 0. The molecule has 0 aliphatic heterocycles. The van der Waals surface area contributed by atoms with E-state index in [0.717, 1.165) is 5.56 Å². The van der Waals surface area contributed by atoms with E-state index in [1.807, 2.05) is 0 Å². The van der Waals surface area contributed by atoms with Gasteiger partial charge in [-0.1, -0.05) is 24.3 Å². The second-order valence-electron chi connectivity index (χ2n) is 6.14. The van der Waals surface area contributed by atoms with Crippen LogP contribution < -0.4 is 5.43 Å². The van der Waals surface area contributed by atoms with Gasteiger partial charge in [0.15, 0.2) is 0 Å². The summed E-state index contributed by atoms with van der Waals surface area (Å²) in [4.78, 5) is 12.1. The molecule has 0 unspecified atom stereocenters. The Balaban J connectivity index is 1.80. The number of hydrogen-bond donors (Lipinski definition) is 5. The van der Waals surface area contributed by atoms with Crippen LogP contribution in [0.3, 0.4) is 0 Å². The normalized spacial score (nSPS) is 11.2. The van der Waals surface area contributed by atoms with E-state index in [1.54, 1.807) is 36.4 Å². The van der Waals surface area contributed by atoms with Gasteiger partial charge in [-0.3, -0.25) is 4.79 Å². The smallest absolute Gasteiger partial charge is 0.271 e. The van der Waals surface area contributed by atoms with Crippen molar-refractivity contribution in [2.24, 2.45) is 5.10 Å². The van der Waals surface area contributed by atoms with Crippen LogP contribution in [0.25, 0.3) is 12.2 Å². The Hall–Kier alpha value is -4.26. The molecule has 0 saturated carbocycles. The highest BCUT2D eigenvalue weighted by Gasteiger charge is 2.08. The van der Waals surface area contributed by atoms with Gasteiger partial charge in [0.1, 0.15) is 23.0 Å².